The molecule has 0 bridgehead atoms. The fourth-order valence-electron chi connectivity index (χ4n) is 2.74. The number of rotatable bonds is 2. The minimum Gasteiger partial charge on any atom is -0.392 e. The van der Waals surface area contributed by atoms with Crippen LogP contribution in [0.2, 0.25) is 0 Å². The first-order valence-electron chi connectivity index (χ1n) is 6.52. The predicted octanol–water partition coefficient (Wildman–Crippen LogP) is 2.57. The van der Waals surface area contributed by atoms with Gasteiger partial charge in [-0.25, -0.2) is 4.98 Å². The van der Waals surface area contributed by atoms with E-state index in [0.29, 0.717) is 0 Å². The van der Waals surface area contributed by atoms with Gasteiger partial charge >= 0.3 is 0 Å². The van der Waals surface area contributed by atoms with Crippen LogP contribution >= 0.6 is 0 Å². The molecule has 1 N–H and O–H groups in total. The largest absolute Gasteiger partial charge is 0.392 e. The van der Waals surface area contributed by atoms with E-state index in [1.807, 2.05) is 12.1 Å². The van der Waals surface area contributed by atoms with Gasteiger partial charge in [-0.2, -0.15) is 0 Å². The molecule has 1 aliphatic heterocycles. The Hall–Kier alpha value is -1.61. The van der Waals surface area contributed by atoms with Crippen molar-refractivity contribution in [3.8, 4) is 0 Å². The van der Waals surface area contributed by atoms with E-state index in [9.17, 15) is 5.11 Å². The number of hydrogen-bond acceptors (Lipinski definition) is 3. The van der Waals surface area contributed by atoms with E-state index in [1.54, 1.807) is 6.20 Å². The maximum absolute atomic E-state index is 9.38. The highest BCUT2D eigenvalue weighted by atomic mass is 16.3. The normalized spacial score (nSPS) is 19.7. The molecule has 3 rings (SSSR count). The molecule has 0 saturated carbocycles. The van der Waals surface area contributed by atoms with Crippen molar-refractivity contribution in [2.24, 2.45) is 5.92 Å². The van der Waals surface area contributed by atoms with Crippen molar-refractivity contribution in [1.29, 1.82) is 0 Å². The maximum atomic E-state index is 9.38. The van der Waals surface area contributed by atoms with Gasteiger partial charge in [-0.3, -0.25) is 0 Å². The SMILES string of the molecule is CC1CCN(c2ncc(CO)c3ccccc23)C1. The molecule has 2 heterocycles. The van der Waals surface area contributed by atoms with Gasteiger partial charge in [0.2, 0.25) is 0 Å². The van der Waals surface area contributed by atoms with Gasteiger partial charge in [-0.15, -0.1) is 0 Å². The molecule has 3 heteroatoms. The second-order valence-electron chi connectivity index (χ2n) is 5.15. The summed E-state index contributed by atoms with van der Waals surface area (Å²) >= 11 is 0. The van der Waals surface area contributed by atoms with Crippen LogP contribution in [0.15, 0.2) is 30.5 Å². The van der Waals surface area contributed by atoms with Crippen LogP contribution in [0.3, 0.4) is 0 Å². The lowest BCUT2D eigenvalue weighted by atomic mass is 10.1. The van der Waals surface area contributed by atoms with E-state index < -0.39 is 0 Å². The number of aliphatic hydroxyl groups excluding tert-OH is 1. The van der Waals surface area contributed by atoms with Gasteiger partial charge in [0.1, 0.15) is 5.82 Å². The molecule has 1 unspecified atom stereocenters. The number of benzene rings is 1. The molecule has 18 heavy (non-hydrogen) atoms. The molecule has 0 radical (unpaired) electrons. The lowest BCUT2D eigenvalue weighted by molar-refractivity contribution is 0.283. The summed E-state index contributed by atoms with van der Waals surface area (Å²) in [5.41, 5.74) is 0.904. The highest BCUT2D eigenvalue weighted by molar-refractivity contribution is 5.94. The molecule has 2 aromatic rings. The first-order chi connectivity index (χ1) is 8.79. The van der Waals surface area contributed by atoms with Crippen molar-refractivity contribution in [3.63, 3.8) is 0 Å². The molecule has 1 aromatic heterocycles. The Balaban J connectivity index is 2.13. The van der Waals surface area contributed by atoms with Crippen molar-refractivity contribution in [1.82, 2.24) is 4.98 Å². The van der Waals surface area contributed by atoms with Crippen LogP contribution in [-0.2, 0) is 6.61 Å². The second-order valence-corrected chi connectivity index (χ2v) is 5.15. The van der Waals surface area contributed by atoms with E-state index >= 15 is 0 Å². The highest BCUT2D eigenvalue weighted by Crippen LogP contribution is 2.30. The second kappa shape index (κ2) is 4.58. The predicted molar refractivity (Wildman–Crippen MR) is 73.7 cm³/mol. The van der Waals surface area contributed by atoms with Crippen LogP contribution < -0.4 is 4.90 Å². The van der Waals surface area contributed by atoms with Gasteiger partial charge in [0, 0.05) is 30.2 Å². The Morgan fingerprint density at radius 2 is 2.11 bits per heavy atom. The molecule has 1 aromatic carbocycles. The maximum Gasteiger partial charge on any atom is 0.136 e. The van der Waals surface area contributed by atoms with Gasteiger partial charge in [0.05, 0.1) is 6.61 Å². The Morgan fingerprint density at radius 1 is 1.33 bits per heavy atom. The minimum absolute atomic E-state index is 0.0458. The summed E-state index contributed by atoms with van der Waals surface area (Å²) in [6, 6.07) is 8.21. The zero-order valence-electron chi connectivity index (χ0n) is 10.6. The molecule has 94 valence electrons. The molecular weight excluding hydrogens is 224 g/mol. The van der Waals surface area contributed by atoms with E-state index in [-0.39, 0.29) is 6.61 Å². The smallest absolute Gasteiger partial charge is 0.136 e. The molecule has 1 aliphatic rings. The van der Waals surface area contributed by atoms with Gasteiger partial charge in [-0.05, 0) is 17.7 Å². The van der Waals surface area contributed by atoms with Crippen molar-refractivity contribution < 1.29 is 5.11 Å². The average molecular weight is 242 g/mol. The van der Waals surface area contributed by atoms with Crippen molar-refractivity contribution >= 4 is 16.6 Å². The molecule has 1 fully saturated rings. The van der Waals surface area contributed by atoms with Crippen LogP contribution in [0.1, 0.15) is 18.9 Å². The third kappa shape index (κ3) is 1.85. The van der Waals surface area contributed by atoms with Crippen molar-refractivity contribution in [2.45, 2.75) is 20.0 Å². The van der Waals surface area contributed by atoms with Gasteiger partial charge in [0.25, 0.3) is 0 Å². The number of aliphatic hydroxyl groups is 1. The molecule has 0 aliphatic carbocycles. The zero-order valence-corrected chi connectivity index (χ0v) is 10.6. The molecule has 0 spiro atoms. The Kier molecular flexibility index (Phi) is 2.92. The number of fused-ring (bicyclic) bond motifs is 1. The summed E-state index contributed by atoms with van der Waals surface area (Å²) in [5, 5.41) is 11.6. The highest BCUT2D eigenvalue weighted by Gasteiger charge is 2.21. The zero-order chi connectivity index (χ0) is 12.5. The Labute approximate surface area is 107 Å². The van der Waals surface area contributed by atoms with Crippen molar-refractivity contribution in [2.75, 3.05) is 18.0 Å². The van der Waals surface area contributed by atoms with E-state index in [0.717, 1.165) is 41.2 Å². The summed E-state index contributed by atoms with van der Waals surface area (Å²) in [7, 11) is 0. The number of pyridine rings is 1. The van der Waals surface area contributed by atoms with Crippen molar-refractivity contribution in [3.05, 3.63) is 36.0 Å². The van der Waals surface area contributed by atoms with Crippen LogP contribution in [0.25, 0.3) is 10.8 Å². The monoisotopic (exact) mass is 242 g/mol. The molecule has 1 saturated heterocycles. The summed E-state index contributed by atoms with van der Waals surface area (Å²) in [5.74, 6) is 1.80. The fourth-order valence-corrected chi connectivity index (χ4v) is 2.74. The first-order valence-corrected chi connectivity index (χ1v) is 6.52. The lowest BCUT2D eigenvalue weighted by Gasteiger charge is -2.19. The number of anilines is 1. The number of nitrogens with zero attached hydrogens (tertiary/aromatic N) is 2. The summed E-state index contributed by atoms with van der Waals surface area (Å²) < 4.78 is 0. The third-order valence-corrected chi connectivity index (χ3v) is 3.75. The fraction of sp³-hybridized carbons (Fsp3) is 0.400. The van der Waals surface area contributed by atoms with Gasteiger partial charge < -0.3 is 10.0 Å². The summed E-state index contributed by atoms with van der Waals surface area (Å²) in [6.45, 7) is 4.49. The topological polar surface area (TPSA) is 36.4 Å². The van der Waals surface area contributed by atoms with E-state index in [1.165, 1.54) is 6.42 Å². The summed E-state index contributed by atoms with van der Waals surface area (Å²) in [4.78, 5) is 6.92. The Bertz CT molecular complexity index is 567. The van der Waals surface area contributed by atoms with Crippen LogP contribution in [0.5, 0.6) is 0 Å². The van der Waals surface area contributed by atoms with E-state index in [4.69, 9.17) is 0 Å². The van der Waals surface area contributed by atoms with Gasteiger partial charge in [-0.1, -0.05) is 31.2 Å². The molecule has 0 amide bonds. The molecular formula is C15H18N2O. The first kappa shape index (κ1) is 11.5. The van der Waals surface area contributed by atoms with Crippen LogP contribution in [0, 0.1) is 5.92 Å². The van der Waals surface area contributed by atoms with Gasteiger partial charge in [0.15, 0.2) is 0 Å². The average Bonchev–Trinajstić information content (AvgIpc) is 2.84. The molecule has 3 nitrogen and oxygen atoms in total. The van der Waals surface area contributed by atoms with Crippen LogP contribution in [0.4, 0.5) is 5.82 Å². The number of aromatic nitrogens is 1. The van der Waals surface area contributed by atoms with Crippen LogP contribution in [-0.4, -0.2) is 23.2 Å². The lowest BCUT2D eigenvalue weighted by Crippen LogP contribution is -2.20. The third-order valence-electron chi connectivity index (χ3n) is 3.75. The summed E-state index contributed by atoms with van der Waals surface area (Å²) in [6.07, 6.45) is 3.04. The quantitative estimate of drug-likeness (QED) is 0.879. The standard InChI is InChI=1S/C15H18N2O/c1-11-6-7-17(9-11)15-14-5-3-2-4-13(14)12(10-18)8-16-15/h2-5,8,11,18H,6-7,9-10H2,1H3. The minimum atomic E-state index is 0.0458. The van der Waals surface area contributed by atoms with E-state index in [2.05, 4.69) is 28.9 Å². The molecule has 1 atom stereocenters. The Morgan fingerprint density at radius 3 is 2.78 bits per heavy atom. The number of hydrogen-bond donors (Lipinski definition) is 1.